The van der Waals surface area contributed by atoms with Crippen LogP contribution in [0.2, 0.25) is 13.1 Å². The van der Waals surface area contributed by atoms with Crippen LogP contribution >= 0.6 is 0 Å². The summed E-state index contributed by atoms with van der Waals surface area (Å²) in [7, 11) is 1.08. The van der Waals surface area contributed by atoms with Crippen molar-refractivity contribution in [2.75, 3.05) is 0 Å². The largest absolute Gasteiger partial charge is 4.00 e. The number of halogens is 2. The quantitative estimate of drug-likeness (QED) is 0.405. The van der Waals surface area contributed by atoms with Gasteiger partial charge in [-0.3, -0.25) is 6.08 Å². The molecule has 0 saturated heterocycles. The van der Waals surface area contributed by atoms with E-state index < -0.39 is 0 Å². The van der Waals surface area contributed by atoms with Crippen LogP contribution in [0.25, 0.3) is 10.8 Å². The topological polar surface area (TPSA) is 0 Å². The van der Waals surface area contributed by atoms with E-state index in [1.54, 1.807) is 0 Å². The third-order valence-electron chi connectivity index (χ3n) is 2.13. The van der Waals surface area contributed by atoms with Crippen molar-refractivity contribution in [1.82, 2.24) is 0 Å². The molecule has 0 bridgehead atoms. The second kappa shape index (κ2) is 16.9. The van der Waals surface area contributed by atoms with Gasteiger partial charge in [0.15, 0.2) is 0 Å². The minimum absolute atomic E-state index is 0. The molecule has 2 radical (unpaired) electrons. The third-order valence-corrected chi connectivity index (χ3v) is 2.13. The van der Waals surface area contributed by atoms with Gasteiger partial charge in [0.05, 0.1) is 0 Å². The van der Waals surface area contributed by atoms with Crippen LogP contribution < -0.4 is 24.8 Å². The van der Waals surface area contributed by atoms with Crippen LogP contribution in [0.15, 0.2) is 60.7 Å². The SMILES string of the molecule is C[Si]C.[C-]1=CC=CC1.[Cl-].[Cl-].[Ti+4].c1ccc2[cH-]ccc2c1. The molecule has 0 nitrogen and oxygen atoms in total. The molecular weight excluding hydrogens is 339 g/mol. The summed E-state index contributed by atoms with van der Waals surface area (Å²) in [4.78, 5) is 0. The molecule has 0 unspecified atom stereocenters. The molecule has 0 fully saturated rings. The molecule has 0 heterocycles. The van der Waals surface area contributed by atoms with Crippen molar-refractivity contribution in [3.8, 4) is 0 Å². The van der Waals surface area contributed by atoms with Crippen molar-refractivity contribution in [3.63, 3.8) is 0 Å². The van der Waals surface area contributed by atoms with E-state index in [4.69, 9.17) is 0 Å². The van der Waals surface area contributed by atoms with E-state index in [0.717, 1.165) is 15.9 Å². The summed E-state index contributed by atoms with van der Waals surface area (Å²) in [6.45, 7) is 4.31. The van der Waals surface area contributed by atoms with Gasteiger partial charge in [0, 0.05) is 9.52 Å². The molecule has 20 heavy (non-hydrogen) atoms. The van der Waals surface area contributed by atoms with Crippen molar-refractivity contribution >= 4 is 20.3 Å². The van der Waals surface area contributed by atoms with Crippen LogP contribution in [0, 0.1) is 6.08 Å². The smallest absolute Gasteiger partial charge is 1.00 e. The zero-order valence-corrected chi connectivity index (χ0v) is 15.8. The molecule has 104 valence electrons. The molecule has 2 aromatic rings. The average molecular weight is 357 g/mol. The third kappa shape index (κ3) is 10.6. The van der Waals surface area contributed by atoms with Crippen molar-refractivity contribution in [3.05, 3.63) is 66.8 Å². The number of fused-ring (bicyclic) bond motifs is 1. The number of hydrogen-bond acceptors (Lipinski definition) is 0. The fourth-order valence-corrected chi connectivity index (χ4v) is 1.41. The Morgan fingerprint density at radius 1 is 1.10 bits per heavy atom. The van der Waals surface area contributed by atoms with E-state index in [9.17, 15) is 0 Å². The van der Waals surface area contributed by atoms with Crippen molar-refractivity contribution in [1.29, 1.82) is 0 Å². The minimum Gasteiger partial charge on any atom is -1.00 e. The van der Waals surface area contributed by atoms with Crippen LogP contribution in [0.3, 0.4) is 0 Å². The Kier molecular flexibility index (Phi) is 20.9. The van der Waals surface area contributed by atoms with Gasteiger partial charge in [-0.25, -0.2) is 12.2 Å². The molecule has 1 aliphatic rings. The molecule has 1 aliphatic carbocycles. The monoisotopic (exact) mass is 356 g/mol. The van der Waals surface area contributed by atoms with Crippen LogP contribution in [-0.2, 0) is 21.7 Å². The van der Waals surface area contributed by atoms with Crippen LogP contribution in [0.1, 0.15) is 6.42 Å². The predicted octanol–water partition coefficient (Wildman–Crippen LogP) is -1.34. The molecular formula is C16H18Cl2SiTi. The Balaban J connectivity index is -0.000000231. The molecule has 0 spiro atoms. The average Bonchev–Trinajstić information content (AvgIpc) is 3.05. The molecule has 0 N–H and O–H groups in total. The second-order valence-corrected chi connectivity index (χ2v) is 4.66. The molecule has 0 atom stereocenters. The van der Waals surface area contributed by atoms with Gasteiger partial charge in [0.25, 0.3) is 0 Å². The summed E-state index contributed by atoms with van der Waals surface area (Å²) in [6, 6.07) is 14.7. The maximum absolute atomic E-state index is 2.99. The Morgan fingerprint density at radius 2 is 1.75 bits per heavy atom. The van der Waals surface area contributed by atoms with Crippen LogP contribution in [-0.4, -0.2) is 9.52 Å². The van der Waals surface area contributed by atoms with E-state index >= 15 is 0 Å². The van der Waals surface area contributed by atoms with E-state index in [0.29, 0.717) is 0 Å². The maximum atomic E-state index is 2.99. The molecule has 0 aliphatic heterocycles. The minimum atomic E-state index is 0. The first-order valence-electron chi connectivity index (χ1n) is 5.79. The fourth-order valence-electron chi connectivity index (χ4n) is 1.41. The Hall–Kier alpha value is -0.179. The van der Waals surface area contributed by atoms with E-state index in [1.165, 1.54) is 10.8 Å². The zero-order valence-electron chi connectivity index (χ0n) is 11.7. The van der Waals surface area contributed by atoms with Gasteiger partial charge < -0.3 is 24.8 Å². The maximum Gasteiger partial charge on any atom is 4.00 e. The molecule has 0 saturated carbocycles. The normalized spacial score (nSPS) is 9.90. The van der Waals surface area contributed by atoms with E-state index in [2.05, 4.69) is 67.7 Å². The molecule has 3 rings (SSSR count). The van der Waals surface area contributed by atoms with Crippen molar-refractivity contribution < 1.29 is 46.5 Å². The molecule has 0 amide bonds. The number of allylic oxidation sites excluding steroid dienone is 4. The van der Waals surface area contributed by atoms with Gasteiger partial charge in [0.2, 0.25) is 0 Å². The van der Waals surface area contributed by atoms with Gasteiger partial charge in [-0.2, -0.15) is 23.6 Å². The zero-order chi connectivity index (χ0) is 12.3. The summed E-state index contributed by atoms with van der Waals surface area (Å²) in [5, 5.41) is 2.66. The number of hydrogen-bond donors (Lipinski definition) is 0. The first kappa shape index (κ1) is 24.8. The first-order valence-corrected chi connectivity index (χ1v) is 7.79. The Morgan fingerprint density at radius 3 is 2.20 bits per heavy atom. The molecule has 4 heteroatoms. The fraction of sp³-hybridized carbons (Fsp3) is 0.188. The predicted molar refractivity (Wildman–Crippen MR) is 78.6 cm³/mol. The summed E-state index contributed by atoms with van der Waals surface area (Å²) in [5.74, 6) is 0. The van der Waals surface area contributed by atoms with Gasteiger partial charge in [-0.1, -0.05) is 19.2 Å². The van der Waals surface area contributed by atoms with Gasteiger partial charge in [0.1, 0.15) is 0 Å². The van der Waals surface area contributed by atoms with Crippen LogP contribution in [0.5, 0.6) is 0 Å². The Bertz CT molecular complexity index is 438. The number of rotatable bonds is 0. The summed E-state index contributed by atoms with van der Waals surface area (Å²) in [5.41, 5.74) is 0. The van der Waals surface area contributed by atoms with Crippen LogP contribution in [0.4, 0.5) is 0 Å². The summed E-state index contributed by atoms with van der Waals surface area (Å²) in [6.07, 6.45) is 10.0. The van der Waals surface area contributed by atoms with Gasteiger partial charge in [-0.05, 0) is 0 Å². The second-order valence-electron chi connectivity index (χ2n) is 3.66. The standard InChI is InChI=1S/C9H7.C5H5.C2H6Si.2ClH.Ti/c1-2-5-9-7-3-6-8(9)4-1;1-2-4-5-3-1;1-3-2;;;/h1-7H;1-3H,4H2;1-2H3;2*1H;/q2*-1;;;;+4/p-2. The summed E-state index contributed by atoms with van der Waals surface area (Å²) < 4.78 is 0. The Labute approximate surface area is 152 Å². The summed E-state index contributed by atoms with van der Waals surface area (Å²) >= 11 is 0. The van der Waals surface area contributed by atoms with Gasteiger partial charge in [-0.15, -0.1) is 36.1 Å². The van der Waals surface area contributed by atoms with Gasteiger partial charge >= 0.3 is 21.7 Å². The van der Waals surface area contributed by atoms with E-state index in [-0.39, 0.29) is 46.5 Å². The first-order chi connectivity index (χ1) is 8.38. The number of benzene rings is 1. The van der Waals surface area contributed by atoms with Crippen molar-refractivity contribution in [2.45, 2.75) is 19.5 Å². The van der Waals surface area contributed by atoms with Crippen molar-refractivity contribution in [2.24, 2.45) is 0 Å². The molecule has 0 aromatic heterocycles. The van der Waals surface area contributed by atoms with E-state index in [1.807, 2.05) is 12.2 Å². The molecule has 2 aromatic carbocycles.